The van der Waals surface area contributed by atoms with Crippen molar-refractivity contribution in [2.75, 3.05) is 26.2 Å². The summed E-state index contributed by atoms with van der Waals surface area (Å²) in [7, 11) is 0. The molecule has 1 aromatic carbocycles. The van der Waals surface area contributed by atoms with E-state index in [0.29, 0.717) is 6.54 Å². The smallest absolute Gasteiger partial charge is 0.0445 e. The normalized spacial score (nSPS) is 23.7. The fourth-order valence-electron chi connectivity index (χ4n) is 2.91. The Labute approximate surface area is 122 Å². The molecule has 0 radical (unpaired) electrons. The van der Waals surface area contributed by atoms with Crippen molar-refractivity contribution in [1.82, 2.24) is 10.2 Å². The van der Waals surface area contributed by atoms with Gasteiger partial charge in [0.15, 0.2) is 0 Å². The van der Waals surface area contributed by atoms with Crippen molar-refractivity contribution >= 4 is 0 Å². The molecule has 110 valence electrons. The van der Waals surface area contributed by atoms with Crippen LogP contribution in [0.2, 0.25) is 0 Å². The van der Waals surface area contributed by atoms with E-state index in [2.05, 4.69) is 59.6 Å². The first-order valence-corrected chi connectivity index (χ1v) is 7.60. The number of rotatable bonds is 7. The van der Waals surface area contributed by atoms with Gasteiger partial charge in [-0.25, -0.2) is 0 Å². The average Bonchev–Trinajstić information content (AvgIpc) is 2.89. The van der Waals surface area contributed by atoms with Crippen LogP contribution in [0.4, 0.5) is 0 Å². The van der Waals surface area contributed by atoms with Crippen molar-refractivity contribution in [3.05, 3.63) is 48.0 Å². The van der Waals surface area contributed by atoms with Crippen molar-refractivity contribution in [3.8, 4) is 0 Å². The quantitative estimate of drug-likeness (QED) is 0.591. The minimum absolute atomic E-state index is 0.108. The summed E-state index contributed by atoms with van der Waals surface area (Å²) in [6, 6.07) is 10.7. The van der Waals surface area contributed by atoms with Crippen LogP contribution in [0.25, 0.3) is 0 Å². The maximum absolute atomic E-state index is 6.03. The summed E-state index contributed by atoms with van der Waals surface area (Å²) in [5.41, 5.74) is 7.52. The third-order valence-electron chi connectivity index (χ3n) is 4.12. The van der Waals surface area contributed by atoms with Gasteiger partial charge in [-0.15, -0.1) is 0 Å². The van der Waals surface area contributed by atoms with Crippen LogP contribution >= 0.6 is 0 Å². The van der Waals surface area contributed by atoms with E-state index >= 15 is 0 Å². The van der Waals surface area contributed by atoms with Crippen LogP contribution in [0, 0.1) is 0 Å². The van der Waals surface area contributed by atoms with Gasteiger partial charge < -0.3 is 11.1 Å². The van der Waals surface area contributed by atoms with Gasteiger partial charge in [0.2, 0.25) is 0 Å². The van der Waals surface area contributed by atoms with E-state index in [4.69, 9.17) is 5.73 Å². The number of likely N-dealkylation sites (tertiary alicyclic amines) is 1. The first-order valence-electron chi connectivity index (χ1n) is 7.60. The van der Waals surface area contributed by atoms with Crippen molar-refractivity contribution in [1.29, 1.82) is 0 Å². The molecule has 3 nitrogen and oxygen atoms in total. The number of nitrogens with two attached hydrogens (primary N) is 1. The highest BCUT2D eigenvalue weighted by atomic mass is 15.2. The molecule has 0 aliphatic carbocycles. The van der Waals surface area contributed by atoms with Crippen LogP contribution < -0.4 is 11.1 Å². The zero-order chi connectivity index (χ0) is 14.3. The van der Waals surface area contributed by atoms with Crippen LogP contribution in [-0.2, 0) is 6.54 Å². The molecule has 1 aliphatic rings. The van der Waals surface area contributed by atoms with Crippen LogP contribution in [0.1, 0.15) is 25.3 Å². The molecule has 1 fully saturated rings. The molecule has 1 heterocycles. The summed E-state index contributed by atoms with van der Waals surface area (Å²) in [5, 5.41) is 3.68. The minimum atomic E-state index is 0.108. The van der Waals surface area contributed by atoms with Gasteiger partial charge in [0.05, 0.1) is 0 Å². The molecule has 1 saturated heterocycles. The summed E-state index contributed by atoms with van der Waals surface area (Å²) in [4.78, 5) is 2.50. The molecule has 1 atom stereocenters. The van der Waals surface area contributed by atoms with Gasteiger partial charge in [-0.2, -0.15) is 0 Å². The SMILES string of the molecule is C/C=C/CCNC1(CN)CCN(Cc2ccccc2)C1. The second-order valence-corrected chi connectivity index (χ2v) is 5.72. The summed E-state index contributed by atoms with van der Waals surface area (Å²) in [5.74, 6) is 0. The second-order valence-electron chi connectivity index (χ2n) is 5.72. The lowest BCUT2D eigenvalue weighted by molar-refractivity contribution is 0.279. The lowest BCUT2D eigenvalue weighted by Crippen LogP contribution is -2.53. The molecule has 1 unspecified atom stereocenters. The molecule has 0 amide bonds. The second kappa shape index (κ2) is 7.58. The van der Waals surface area contributed by atoms with E-state index in [1.165, 1.54) is 5.56 Å². The van der Waals surface area contributed by atoms with E-state index in [1.54, 1.807) is 0 Å². The standard InChI is InChI=1S/C17H27N3/c1-2-3-7-11-19-17(14-18)10-12-20(15-17)13-16-8-5-4-6-9-16/h2-6,8-9,19H,7,10-15,18H2,1H3/b3-2+. The van der Waals surface area contributed by atoms with Crippen molar-refractivity contribution in [3.63, 3.8) is 0 Å². The molecular weight excluding hydrogens is 246 g/mol. The van der Waals surface area contributed by atoms with Crippen molar-refractivity contribution in [2.45, 2.75) is 31.8 Å². The molecule has 2 rings (SSSR count). The highest BCUT2D eigenvalue weighted by Crippen LogP contribution is 2.22. The summed E-state index contributed by atoms with van der Waals surface area (Å²) >= 11 is 0. The predicted molar refractivity (Wildman–Crippen MR) is 85.6 cm³/mol. The summed E-state index contributed by atoms with van der Waals surface area (Å²) in [6.07, 6.45) is 6.53. The third kappa shape index (κ3) is 4.17. The Morgan fingerprint density at radius 2 is 2.15 bits per heavy atom. The monoisotopic (exact) mass is 273 g/mol. The Kier molecular flexibility index (Phi) is 5.77. The zero-order valence-electron chi connectivity index (χ0n) is 12.5. The number of nitrogens with zero attached hydrogens (tertiary/aromatic N) is 1. The maximum atomic E-state index is 6.03. The Morgan fingerprint density at radius 3 is 2.85 bits per heavy atom. The van der Waals surface area contributed by atoms with Gasteiger partial charge in [0.25, 0.3) is 0 Å². The molecule has 20 heavy (non-hydrogen) atoms. The summed E-state index contributed by atoms with van der Waals surface area (Å²) < 4.78 is 0. The molecule has 0 saturated carbocycles. The van der Waals surface area contributed by atoms with Crippen LogP contribution in [0.15, 0.2) is 42.5 Å². The average molecular weight is 273 g/mol. The van der Waals surface area contributed by atoms with Gasteiger partial charge in [0.1, 0.15) is 0 Å². The third-order valence-corrected chi connectivity index (χ3v) is 4.12. The van der Waals surface area contributed by atoms with Crippen LogP contribution in [-0.4, -0.2) is 36.6 Å². The highest BCUT2D eigenvalue weighted by molar-refractivity contribution is 5.15. The molecule has 3 heteroatoms. The van der Waals surface area contributed by atoms with E-state index in [1.807, 2.05) is 0 Å². The molecule has 3 N–H and O–H groups in total. The summed E-state index contributed by atoms with van der Waals surface area (Å²) in [6.45, 7) is 7.00. The van der Waals surface area contributed by atoms with Crippen molar-refractivity contribution in [2.24, 2.45) is 5.73 Å². The van der Waals surface area contributed by atoms with E-state index in [-0.39, 0.29) is 5.54 Å². The minimum Gasteiger partial charge on any atom is -0.329 e. The van der Waals surface area contributed by atoms with Gasteiger partial charge >= 0.3 is 0 Å². The predicted octanol–water partition coefficient (Wildman–Crippen LogP) is 2.15. The molecule has 0 spiro atoms. The molecular formula is C17H27N3. The van der Waals surface area contributed by atoms with Crippen LogP contribution in [0.5, 0.6) is 0 Å². The van der Waals surface area contributed by atoms with Gasteiger partial charge in [0, 0.05) is 31.7 Å². The largest absolute Gasteiger partial charge is 0.329 e. The fourth-order valence-corrected chi connectivity index (χ4v) is 2.91. The Balaban J connectivity index is 1.85. The number of hydrogen-bond donors (Lipinski definition) is 2. The molecule has 0 aromatic heterocycles. The zero-order valence-corrected chi connectivity index (χ0v) is 12.5. The van der Waals surface area contributed by atoms with Gasteiger partial charge in [-0.1, -0.05) is 42.5 Å². The van der Waals surface area contributed by atoms with E-state index in [9.17, 15) is 0 Å². The molecule has 1 aliphatic heterocycles. The lowest BCUT2D eigenvalue weighted by atomic mass is 9.98. The molecule has 1 aromatic rings. The Hall–Kier alpha value is -1.16. The number of hydrogen-bond acceptors (Lipinski definition) is 3. The van der Waals surface area contributed by atoms with E-state index < -0.39 is 0 Å². The van der Waals surface area contributed by atoms with E-state index in [0.717, 1.165) is 39.0 Å². The van der Waals surface area contributed by atoms with Gasteiger partial charge in [-0.3, -0.25) is 4.90 Å². The number of nitrogens with one attached hydrogen (secondary N) is 1. The Bertz CT molecular complexity index is 416. The number of benzene rings is 1. The van der Waals surface area contributed by atoms with Crippen LogP contribution in [0.3, 0.4) is 0 Å². The molecule has 0 bridgehead atoms. The first-order chi connectivity index (χ1) is 9.78. The van der Waals surface area contributed by atoms with Gasteiger partial charge in [-0.05, 0) is 31.9 Å². The maximum Gasteiger partial charge on any atom is 0.0445 e. The number of allylic oxidation sites excluding steroid dienone is 1. The highest BCUT2D eigenvalue weighted by Gasteiger charge is 2.35. The fraction of sp³-hybridized carbons (Fsp3) is 0.529. The Morgan fingerprint density at radius 1 is 1.35 bits per heavy atom. The topological polar surface area (TPSA) is 41.3 Å². The lowest BCUT2D eigenvalue weighted by Gasteiger charge is -2.29. The first kappa shape index (κ1) is 15.2. The van der Waals surface area contributed by atoms with Crippen molar-refractivity contribution < 1.29 is 0 Å².